The third-order valence-electron chi connectivity index (χ3n) is 3.02. The Kier molecular flexibility index (Phi) is 3.74. The van der Waals surface area contributed by atoms with Crippen molar-refractivity contribution in [2.45, 2.75) is 26.7 Å². The second-order valence-electron chi connectivity index (χ2n) is 4.95. The third-order valence-corrected chi connectivity index (χ3v) is 3.02. The van der Waals surface area contributed by atoms with Crippen LogP contribution >= 0.6 is 0 Å². The van der Waals surface area contributed by atoms with Crippen molar-refractivity contribution in [1.29, 1.82) is 0 Å². The lowest BCUT2D eigenvalue weighted by atomic mass is 10.0. The number of halogens is 1. The number of para-hydroxylation sites is 1. The van der Waals surface area contributed by atoms with Crippen LogP contribution in [0.5, 0.6) is 11.5 Å². The van der Waals surface area contributed by atoms with Gasteiger partial charge in [0.15, 0.2) is 5.75 Å². The van der Waals surface area contributed by atoms with Crippen LogP contribution < -0.4 is 10.5 Å². The van der Waals surface area contributed by atoms with Crippen molar-refractivity contribution in [2.24, 2.45) is 0 Å². The first-order valence-corrected chi connectivity index (χ1v) is 6.31. The van der Waals surface area contributed by atoms with E-state index in [9.17, 15) is 4.39 Å². The van der Waals surface area contributed by atoms with E-state index < -0.39 is 5.82 Å². The lowest BCUT2D eigenvalue weighted by molar-refractivity contribution is 0.470. The van der Waals surface area contributed by atoms with E-state index in [0.29, 0.717) is 11.7 Å². The number of hydrogen-bond acceptors (Lipinski definition) is 2. The largest absolute Gasteiger partial charge is 0.455 e. The molecule has 0 aliphatic heterocycles. The minimum Gasteiger partial charge on any atom is -0.455 e. The molecule has 0 atom stereocenters. The molecule has 0 bridgehead atoms. The van der Waals surface area contributed by atoms with E-state index in [1.807, 2.05) is 25.1 Å². The highest BCUT2D eigenvalue weighted by Crippen LogP contribution is 2.34. The SMILES string of the molecule is Cc1ccc(C(C)C)c(Oc2cccc(F)c2N)c1. The summed E-state index contributed by atoms with van der Waals surface area (Å²) < 4.78 is 19.2. The normalized spacial score (nSPS) is 10.8. The summed E-state index contributed by atoms with van der Waals surface area (Å²) in [6.45, 7) is 6.17. The first-order valence-electron chi connectivity index (χ1n) is 6.31. The maximum absolute atomic E-state index is 13.4. The predicted octanol–water partition coefficient (Wildman–Crippen LogP) is 4.63. The molecule has 2 aromatic carbocycles. The van der Waals surface area contributed by atoms with Crippen molar-refractivity contribution in [1.82, 2.24) is 0 Å². The quantitative estimate of drug-likeness (QED) is 0.815. The van der Waals surface area contributed by atoms with Gasteiger partial charge in [-0.1, -0.05) is 32.0 Å². The molecule has 0 saturated heterocycles. The first kappa shape index (κ1) is 13.4. The van der Waals surface area contributed by atoms with E-state index in [1.165, 1.54) is 6.07 Å². The Labute approximate surface area is 113 Å². The number of nitrogen functional groups attached to an aromatic ring is 1. The fraction of sp³-hybridized carbons (Fsp3) is 0.250. The molecule has 0 amide bonds. The summed E-state index contributed by atoms with van der Waals surface area (Å²) in [7, 11) is 0. The Bertz CT molecular complexity index is 593. The van der Waals surface area contributed by atoms with E-state index in [2.05, 4.69) is 13.8 Å². The number of aryl methyl sites for hydroxylation is 1. The highest BCUT2D eigenvalue weighted by molar-refractivity contribution is 5.55. The molecular formula is C16H18FNO. The Morgan fingerprint density at radius 1 is 1.11 bits per heavy atom. The molecule has 2 nitrogen and oxygen atoms in total. The molecule has 0 aliphatic rings. The first-order chi connectivity index (χ1) is 8.99. The summed E-state index contributed by atoms with van der Waals surface area (Å²) in [6.07, 6.45) is 0. The molecule has 0 heterocycles. The maximum atomic E-state index is 13.4. The van der Waals surface area contributed by atoms with Gasteiger partial charge in [0.05, 0.1) is 0 Å². The molecule has 19 heavy (non-hydrogen) atoms. The van der Waals surface area contributed by atoms with Crippen LogP contribution in [0, 0.1) is 12.7 Å². The number of ether oxygens (including phenoxy) is 1. The third kappa shape index (κ3) is 2.87. The number of nitrogens with two attached hydrogens (primary N) is 1. The molecule has 0 aliphatic carbocycles. The number of hydrogen-bond donors (Lipinski definition) is 1. The van der Waals surface area contributed by atoms with Gasteiger partial charge in [-0.3, -0.25) is 0 Å². The average molecular weight is 259 g/mol. The topological polar surface area (TPSA) is 35.2 Å². The standard InChI is InChI=1S/C16H18FNO/c1-10(2)12-8-7-11(3)9-15(12)19-14-6-4-5-13(17)16(14)18/h4-10H,18H2,1-3H3. The molecule has 0 aromatic heterocycles. The molecule has 100 valence electrons. The van der Waals surface area contributed by atoms with Gasteiger partial charge in [-0.25, -0.2) is 4.39 Å². The maximum Gasteiger partial charge on any atom is 0.153 e. The van der Waals surface area contributed by atoms with Gasteiger partial charge in [0.25, 0.3) is 0 Å². The van der Waals surface area contributed by atoms with Crippen molar-refractivity contribution >= 4 is 5.69 Å². The second kappa shape index (κ2) is 5.31. The highest BCUT2D eigenvalue weighted by Gasteiger charge is 2.12. The minimum atomic E-state index is -0.462. The summed E-state index contributed by atoms with van der Waals surface area (Å²) in [5.74, 6) is 0.946. The molecule has 2 aromatic rings. The average Bonchev–Trinajstić information content (AvgIpc) is 2.35. The van der Waals surface area contributed by atoms with E-state index in [-0.39, 0.29) is 5.69 Å². The molecule has 0 spiro atoms. The van der Waals surface area contributed by atoms with Crippen molar-refractivity contribution in [2.75, 3.05) is 5.73 Å². The predicted molar refractivity (Wildman–Crippen MR) is 76.2 cm³/mol. The van der Waals surface area contributed by atoms with Crippen LogP contribution in [0.1, 0.15) is 30.9 Å². The highest BCUT2D eigenvalue weighted by atomic mass is 19.1. The summed E-state index contributed by atoms with van der Waals surface area (Å²) in [5, 5.41) is 0. The number of benzene rings is 2. The van der Waals surface area contributed by atoms with Crippen LogP contribution in [-0.2, 0) is 0 Å². The second-order valence-corrected chi connectivity index (χ2v) is 4.95. The Morgan fingerprint density at radius 3 is 2.53 bits per heavy atom. The van der Waals surface area contributed by atoms with E-state index in [0.717, 1.165) is 16.9 Å². The summed E-state index contributed by atoms with van der Waals surface area (Å²) in [6, 6.07) is 10.6. The molecule has 0 fully saturated rings. The van der Waals surface area contributed by atoms with Crippen LogP contribution in [-0.4, -0.2) is 0 Å². The summed E-state index contributed by atoms with van der Waals surface area (Å²) in [4.78, 5) is 0. The van der Waals surface area contributed by atoms with Crippen LogP contribution in [0.25, 0.3) is 0 Å². The molecule has 2 rings (SSSR count). The van der Waals surface area contributed by atoms with Crippen LogP contribution in [0.4, 0.5) is 10.1 Å². The molecule has 3 heteroatoms. The van der Waals surface area contributed by atoms with Crippen molar-refractivity contribution < 1.29 is 9.13 Å². The Hall–Kier alpha value is -2.03. The van der Waals surface area contributed by atoms with Crippen LogP contribution in [0.15, 0.2) is 36.4 Å². The van der Waals surface area contributed by atoms with Crippen LogP contribution in [0.3, 0.4) is 0 Å². The fourth-order valence-electron chi connectivity index (χ4n) is 1.93. The smallest absolute Gasteiger partial charge is 0.153 e. The van der Waals surface area contributed by atoms with E-state index in [1.54, 1.807) is 12.1 Å². The Morgan fingerprint density at radius 2 is 1.84 bits per heavy atom. The molecule has 0 radical (unpaired) electrons. The zero-order chi connectivity index (χ0) is 14.0. The zero-order valence-corrected chi connectivity index (χ0v) is 11.4. The van der Waals surface area contributed by atoms with Gasteiger partial charge in [0.1, 0.15) is 17.3 Å². The van der Waals surface area contributed by atoms with Gasteiger partial charge in [0.2, 0.25) is 0 Å². The van der Waals surface area contributed by atoms with Crippen molar-refractivity contribution in [3.05, 3.63) is 53.3 Å². The monoisotopic (exact) mass is 259 g/mol. The lowest BCUT2D eigenvalue weighted by Crippen LogP contribution is -1.98. The lowest BCUT2D eigenvalue weighted by Gasteiger charge is -2.15. The van der Waals surface area contributed by atoms with Crippen molar-refractivity contribution in [3.63, 3.8) is 0 Å². The molecule has 0 saturated carbocycles. The van der Waals surface area contributed by atoms with Gasteiger partial charge in [-0.15, -0.1) is 0 Å². The van der Waals surface area contributed by atoms with Gasteiger partial charge in [0, 0.05) is 0 Å². The van der Waals surface area contributed by atoms with Crippen LogP contribution in [0.2, 0.25) is 0 Å². The zero-order valence-electron chi connectivity index (χ0n) is 11.4. The summed E-state index contributed by atoms with van der Waals surface area (Å²) in [5.41, 5.74) is 7.91. The van der Waals surface area contributed by atoms with Gasteiger partial charge >= 0.3 is 0 Å². The van der Waals surface area contributed by atoms with E-state index >= 15 is 0 Å². The van der Waals surface area contributed by atoms with Gasteiger partial charge < -0.3 is 10.5 Å². The Balaban J connectivity index is 2.42. The minimum absolute atomic E-state index is 0.0405. The number of rotatable bonds is 3. The van der Waals surface area contributed by atoms with E-state index in [4.69, 9.17) is 10.5 Å². The molecule has 2 N–H and O–H groups in total. The van der Waals surface area contributed by atoms with Crippen molar-refractivity contribution in [3.8, 4) is 11.5 Å². The molecule has 0 unspecified atom stereocenters. The van der Waals surface area contributed by atoms with Gasteiger partial charge in [-0.2, -0.15) is 0 Å². The summed E-state index contributed by atoms with van der Waals surface area (Å²) >= 11 is 0. The number of anilines is 1. The fourth-order valence-corrected chi connectivity index (χ4v) is 1.93. The molecular weight excluding hydrogens is 241 g/mol. The van der Waals surface area contributed by atoms with Gasteiger partial charge in [-0.05, 0) is 42.2 Å².